The fraction of sp³-hybridized carbons (Fsp3) is 0. The van der Waals surface area contributed by atoms with Crippen LogP contribution in [-0.2, 0) is 0 Å². The highest BCUT2D eigenvalue weighted by atomic mass is 79.9. The summed E-state index contributed by atoms with van der Waals surface area (Å²) in [6, 6.07) is 8.30. The van der Waals surface area contributed by atoms with Crippen molar-refractivity contribution in [2.75, 3.05) is 5.32 Å². The Morgan fingerprint density at radius 1 is 1.13 bits per heavy atom. The monoisotopic (exact) mass is 266 g/mol. The maximum absolute atomic E-state index is 13.3. The Morgan fingerprint density at radius 3 is 2.67 bits per heavy atom. The Hall–Kier alpha value is -1.42. The van der Waals surface area contributed by atoms with Crippen molar-refractivity contribution in [2.24, 2.45) is 0 Å². The lowest BCUT2D eigenvalue weighted by molar-refractivity contribution is 0.632. The average molecular weight is 267 g/mol. The second kappa shape index (κ2) is 4.40. The molecular weight excluding hydrogens is 259 g/mol. The summed E-state index contributed by atoms with van der Waals surface area (Å²) in [5.41, 5.74) is 1.24. The molecule has 0 atom stereocenters. The second-order valence-corrected chi connectivity index (χ2v) is 3.81. The number of nitrogens with one attached hydrogen (secondary N) is 1. The van der Waals surface area contributed by atoms with Gasteiger partial charge >= 0.3 is 0 Å². The molecule has 2 nitrogen and oxygen atoms in total. The predicted octanol–water partition coefficient (Wildman–Crippen LogP) is 3.73. The van der Waals surface area contributed by atoms with Crippen molar-refractivity contribution in [3.05, 3.63) is 53.0 Å². The van der Waals surface area contributed by atoms with E-state index in [-0.39, 0.29) is 5.82 Å². The number of para-hydroxylation sites is 1. The van der Waals surface area contributed by atoms with Gasteiger partial charge < -0.3 is 5.32 Å². The number of pyridine rings is 1. The van der Waals surface area contributed by atoms with Crippen LogP contribution in [0.25, 0.3) is 0 Å². The molecule has 2 rings (SSSR count). The van der Waals surface area contributed by atoms with E-state index in [2.05, 4.69) is 26.2 Å². The number of halogens is 2. The summed E-state index contributed by atoms with van der Waals surface area (Å²) < 4.78 is 14.1. The van der Waals surface area contributed by atoms with Gasteiger partial charge in [-0.15, -0.1) is 0 Å². The van der Waals surface area contributed by atoms with Crippen LogP contribution in [0.4, 0.5) is 15.8 Å². The summed E-state index contributed by atoms with van der Waals surface area (Å²) in [5.74, 6) is -0.277. The van der Waals surface area contributed by atoms with Crippen molar-refractivity contribution < 1.29 is 4.39 Å². The van der Waals surface area contributed by atoms with Crippen LogP contribution in [0.3, 0.4) is 0 Å². The lowest BCUT2D eigenvalue weighted by atomic mass is 10.3. The highest BCUT2D eigenvalue weighted by Crippen LogP contribution is 2.25. The minimum Gasteiger partial charge on any atom is -0.352 e. The molecule has 0 amide bonds. The van der Waals surface area contributed by atoms with Crippen molar-refractivity contribution in [3.63, 3.8) is 0 Å². The molecule has 0 aliphatic carbocycles. The van der Waals surface area contributed by atoms with Crippen LogP contribution in [0.15, 0.2) is 47.2 Å². The van der Waals surface area contributed by atoms with Gasteiger partial charge in [-0.2, -0.15) is 0 Å². The van der Waals surface area contributed by atoms with E-state index < -0.39 is 0 Å². The molecule has 0 unspecified atom stereocenters. The van der Waals surface area contributed by atoms with Gasteiger partial charge in [-0.25, -0.2) is 4.39 Å². The number of aromatic nitrogens is 1. The third kappa shape index (κ3) is 2.33. The summed E-state index contributed by atoms with van der Waals surface area (Å²) in [7, 11) is 0. The van der Waals surface area contributed by atoms with E-state index in [9.17, 15) is 4.39 Å². The number of rotatable bonds is 2. The van der Waals surface area contributed by atoms with Gasteiger partial charge in [0.05, 0.1) is 15.8 Å². The Morgan fingerprint density at radius 2 is 1.93 bits per heavy atom. The zero-order valence-corrected chi connectivity index (χ0v) is 9.33. The maximum atomic E-state index is 13.3. The largest absolute Gasteiger partial charge is 0.352 e. The first-order valence-electron chi connectivity index (χ1n) is 4.38. The highest BCUT2D eigenvalue weighted by Gasteiger charge is 2.03. The Labute approximate surface area is 95.3 Å². The quantitative estimate of drug-likeness (QED) is 0.896. The standard InChI is InChI=1S/C11H8BrFN2/c12-8-7-14-6-5-10(8)15-11-4-2-1-3-9(11)13/h1-7H,(H,14,15). The van der Waals surface area contributed by atoms with Gasteiger partial charge in [-0.1, -0.05) is 12.1 Å². The first kappa shape index (κ1) is 10.1. The van der Waals surface area contributed by atoms with Crippen molar-refractivity contribution in [1.82, 2.24) is 4.98 Å². The first-order chi connectivity index (χ1) is 7.27. The Kier molecular flexibility index (Phi) is 2.97. The topological polar surface area (TPSA) is 24.9 Å². The summed E-state index contributed by atoms with van der Waals surface area (Å²) in [6.07, 6.45) is 3.30. The van der Waals surface area contributed by atoms with Crippen LogP contribution in [0.5, 0.6) is 0 Å². The normalized spacial score (nSPS) is 10.0. The molecule has 1 aromatic carbocycles. The molecule has 0 aliphatic rings. The van der Waals surface area contributed by atoms with Crippen LogP contribution in [0.2, 0.25) is 0 Å². The number of nitrogens with zero attached hydrogens (tertiary/aromatic N) is 1. The van der Waals surface area contributed by atoms with Crippen LogP contribution >= 0.6 is 15.9 Å². The van der Waals surface area contributed by atoms with Gasteiger partial charge in [0, 0.05) is 12.4 Å². The van der Waals surface area contributed by atoms with Crippen molar-refractivity contribution in [1.29, 1.82) is 0 Å². The fourth-order valence-corrected chi connectivity index (χ4v) is 1.53. The zero-order valence-electron chi connectivity index (χ0n) is 7.74. The molecule has 0 radical (unpaired) electrons. The molecule has 1 heterocycles. The van der Waals surface area contributed by atoms with Gasteiger partial charge in [0.2, 0.25) is 0 Å². The Balaban J connectivity index is 2.30. The second-order valence-electron chi connectivity index (χ2n) is 2.96. The zero-order chi connectivity index (χ0) is 10.7. The molecule has 1 N–H and O–H groups in total. The minimum absolute atomic E-state index is 0.277. The minimum atomic E-state index is -0.277. The summed E-state index contributed by atoms with van der Waals surface area (Å²) in [5, 5.41) is 2.98. The molecule has 0 aliphatic heterocycles. The molecule has 4 heteroatoms. The molecule has 0 saturated carbocycles. The van der Waals surface area contributed by atoms with E-state index in [1.54, 1.807) is 36.7 Å². The Bertz CT molecular complexity index is 430. The molecular formula is C11H8BrFN2. The van der Waals surface area contributed by atoms with E-state index in [0.29, 0.717) is 5.69 Å². The molecule has 0 fully saturated rings. The van der Waals surface area contributed by atoms with Gasteiger partial charge in [0.1, 0.15) is 5.82 Å². The van der Waals surface area contributed by atoms with Crippen LogP contribution in [0.1, 0.15) is 0 Å². The number of benzene rings is 1. The van der Waals surface area contributed by atoms with Crippen LogP contribution < -0.4 is 5.32 Å². The number of hydrogen-bond acceptors (Lipinski definition) is 2. The van der Waals surface area contributed by atoms with E-state index in [1.807, 2.05) is 0 Å². The van der Waals surface area contributed by atoms with Gasteiger partial charge in [-0.3, -0.25) is 4.98 Å². The third-order valence-corrected chi connectivity index (χ3v) is 2.55. The number of anilines is 2. The molecule has 0 saturated heterocycles. The lowest BCUT2D eigenvalue weighted by Crippen LogP contribution is -1.94. The summed E-state index contributed by atoms with van der Waals surface area (Å²) in [4.78, 5) is 3.93. The average Bonchev–Trinajstić information content (AvgIpc) is 2.24. The molecule has 15 heavy (non-hydrogen) atoms. The molecule has 1 aromatic heterocycles. The van der Waals surface area contributed by atoms with E-state index in [4.69, 9.17) is 0 Å². The molecule has 76 valence electrons. The van der Waals surface area contributed by atoms with Crippen molar-refractivity contribution in [2.45, 2.75) is 0 Å². The molecule has 2 aromatic rings. The molecule has 0 bridgehead atoms. The van der Waals surface area contributed by atoms with Gasteiger partial charge in [0.15, 0.2) is 0 Å². The van der Waals surface area contributed by atoms with Crippen molar-refractivity contribution in [3.8, 4) is 0 Å². The van der Waals surface area contributed by atoms with E-state index in [0.717, 1.165) is 10.2 Å². The van der Waals surface area contributed by atoms with Crippen LogP contribution in [-0.4, -0.2) is 4.98 Å². The van der Waals surface area contributed by atoms with E-state index >= 15 is 0 Å². The summed E-state index contributed by atoms with van der Waals surface area (Å²) >= 11 is 3.33. The predicted molar refractivity (Wildman–Crippen MR) is 61.6 cm³/mol. The fourth-order valence-electron chi connectivity index (χ4n) is 1.18. The van der Waals surface area contributed by atoms with Crippen molar-refractivity contribution >= 4 is 27.3 Å². The van der Waals surface area contributed by atoms with Gasteiger partial charge in [-0.05, 0) is 34.1 Å². The maximum Gasteiger partial charge on any atom is 0.146 e. The lowest BCUT2D eigenvalue weighted by Gasteiger charge is -2.08. The van der Waals surface area contributed by atoms with Gasteiger partial charge in [0.25, 0.3) is 0 Å². The van der Waals surface area contributed by atoms with E-state index in [1.165, 1.54) is 6.07 Å². The molecule has 0 spiro atoms. The SMILES string of the molecule is Fc1ccccc1Nc1ccncc1Br. The van der Waals surface area contributed by atoms with Crippen LogP contribution in [0, 0.1) is 5.82 Å². The first-order valence-corrected chi connectivity index (χ1v) is 5.18. The smallest absolute Gasteiger partial charge is 0.146 e. The highest BCUT2D eigenvalue weighted by molar-refractivity contribution is 9.10. The number of hydrogen-bond donors (Lipinski definition) is 1. The third-order valence-electron chi connectivity index (χ3n) is 1.92. The summed E-state index contributed by atoms with van der Waals surface area (Å²) in [6.45, 7) is 0.